The van der Waals surface area contributed by atoms with Crippen LogP contribution in [0.2, 0.25) is 0 Å². The summed E-state index contributed by atoms with van der Waals surface area (Å²) in [4.78, 5) is 2.45. The molecule has 0 bridgehead atoms. The SMILES string of the molecule is CCn1cc(CCN(Cc2ccc(C#N)cc2)C(C)C)cn1. The molecule has 0 radical (unpaired) electrons. The Labute approximate surface area is 133 Å². The van der Waals surface area contributed by atoms with Crippen molar-refractivity contribution < 1.29 is 0 Å². The second-order valence-corrected chi connectivity index (χ2v) is 5.83. The summed E-state index contributed by atoms with van der Waals surface area (Å²) in [6.07, 6.45) is 5.10. The summed E-state index contributed by atoms with van der Waals surface area (Å²) in [5.74, 6) is 0. The van der Waals surface area contributed by atoms with Gasteiger partial charge in [-0.3, -0.25) is 9.58 Å². The molecule has 0 aliphatic carbocycles. The van der Waals surface area contributed by atoms with Crippen molar-refractivity contribution in [2.24, 2.45) is 0 Å². The highest BCUT2D eigenvalue weighted by Gasteiger charge is 2.11. The van der Waals surface area contributed by atoms with Crippen LogP contribution in [0.15, 0.2) is 36.7 Å². The van der Waals surface area contributed by atoms with Gasteiger partial charge in [0.1, 0.15) is 0 Å². The predicted octanol–water partition coefficient (Wildman–Crippen LogP) is 3.23. The van der Waals surface area contributed by atoms with Crippen LogP contribution in [0, 0.1) is 11.3 Å². The minimum absolute atomic E-state index is 0.483. The van der Waals surface area contributed by atoms with Crippen LogP contribution in [0.25, 0.3) is 0 Å². The standard InChI is InChI=1S/C18H24N4/c1-4-22-14-18(12-20-22)9-10-21(15(2)3)13-17-7-5-16(11-19)6-8-17/h5-8,12,14-15H,4,9-10,13H2,1-3H3. The first kappa shape index (κ1) is 16.3. The Balaban J connectivity index is 1.95. The zero-order valence-corrected chi connectivity index (χ0v) is 13.7. The van der Waals surface area contributed by atoms with Crippen LogP contribution >= 0.6 is 0 Å². The van der Waals surface area contributed by atoms with Crippen molar-refractivity contribution in [3.8, 4) is 6.07 Å². The fourth-order valence-corrected chi connectivity index (χ4v) is 2.42. The summed E-state index contributed by atoms with van der Waals surface area (Å²) in [6.45, 7) is 9.37. The lowest BCUT2D eigenvalue weighted by Gasteiger charge is -2.26. The van der Waals surface area contributed by atoms with Crippen LogP contribution < -0.4 is 0 Å². The van der Waals surface area contributed by atoms with Crippen molar-refractivity contribution in [2.75, 3.05) is 6.54 Å². The Kier molecular flexibility index (Phi) is 5.74. The molecule has 0 saturated carbocycles. The van der Waals surface area contributed by atoms with E-state index in [0.29, 0.717) is 11.6 Å². The molecule has 22 heavy (non-hydrogen) atoms. The molecular weight excluding hydrogens is 272 g/mol. The van der Waals surface area contributed by atoms with Crippen LogP contribution in [0.4, 0.5) is 0 Å². The number of aromatic nitrogens is 2. The average molecular weight is 296 g/mol. The van der Waals surface area contributed by atoms with Gasteiger partial charge < -0.3 is 0 Å². The van der Waals surface area contributed by atoms with Gasteiger partial charge in [-0.15, -0.1) is 0 Å². The third-order valence-corrected chi connectivity index (χ3v) is 3.90. The molecule has 0 saturated heterocycles. The molecule has 0 amide bonds. The van der Waals surface area contributed by atoms with Gasteiger partial charge in [0.25, 0.3) is 0 Å². The second-order valence-electron chi connectivity index (χ2n) is 5.83. The molecule has 0 spiro atoms. The highest BCUT2D eigenvalue weighted by molar-refractivity contribution is 5.31. The lowest BCUT2D eigenvalue weighted by Crippen LogP contribution is -2.32. The van der Waals surface area contributed by atoms with E-state index in [4.69, 9.17) is 5.26 Å². The normalized spacial score (nSPS) is 11.1. The van der Waals surface area contributed by atoms with Crippen LogP contribution in [0.5, 0.6) is 0 Å². The van der Waals surface area contributed by atoms with E-state index in [0.717, 1.165) is 26.1 Å². The molecule has 0 N–H and O–H groups in total. The van der Waals surface area contributed by atoms with Gasteiger partial charge in [0, 0.05) is 31.9 Å². The minimum Gasteiger partial charge on any atom is -0.296 e. The lowest BCUT2D eigenvalue weighted by atomic mass is 10.1. The zero-order chi connectivity index (χ0) is 15.9. The van der Waals surface area contributed by atoms with Crippen molar-refractivity contribution in [3.63, 3.8) is 0 Å². The third kappa shape index (κ3) is 4.44. The van der Waals surface area contributed by atoms with Crippen LogP contribution in [-0.4, -0.2) is 27.3 Å². The number of benzene rings is 1. The van der Waals surface area contributed by atoms with Crippen LogP contribution in [0.1, 0.15) is 37.5 Å². The number of nitrogens with zero attached hydrogens (tertiary/aromatic N) is 4. The van der Waals surface area contributed by atoms with E-state index in [1.807, 2.05) is 35.1 Å². The van der Waals surface area contributed by atoms with Crippen molar-refractivity contribution >= 4 is 0 Å². The Morgan fingerprint density at radius 1 is 1.23 bits per heavy atom. The topological polar surface area (TPSA) is 44.9 Å². The van der Waals surface area contributed by atoms with Gasteiger partial charge in [-0.1, -0.05) is 12.1 Å². The van der Waals surface area contributed by atoms with Gasteiger partial charge in [-0.25, -0.2) is 0 Å². The first-order valence-electron chi connectivity index (χ1n) is 7.86. The summed E-state index contributed by atoms with van der Waals surface area (Å²) in [5, 5.41) is 13.2. The highest BCUT2D eigenvalue weighted by Crippen LogP contribution is 2.11. The summed E-state index contributed by atoms with van der Waals surface area (Å²) >= 11 is 0. The molecule has 2 rings (SSSR count). The number of nitriles is 1. The maximum absolute atomic E-state index is 8.86. The van der Waals surface area contributed by atoms with Crippen molar-refractivity contribution in [1.29, 1.82) is 5.26 Å². The smallest absolute Gasteiger partial charge is 0.0991 e. The molecule has 1 aromatic heterocycles. The lowest BCUT2D eigenvalue weighted by molar-refractivity contribution is 0.215. The molecule has 1 heterocycles. The van der Waals surface area contributed by atoms with Gasteiger partial charge >= 0.3 is 0 Å². The average Bonchev–Trinajstić information content (AvgIpc) is 2.99. The third-order valence-electron chi connectivity index (χ3n) is 3.90. The highest BCUT2D eigenvalue weighted by atomic mass is 15.3. The van der Waals surface area contributed by atoms with Gasteiger partial charge in [0.15, 0.2) is 0 Å². The molecule has 0 aliphatic rings. The maximum Gasteiger partial charge on any atom is 0.0991 e. The van der Waals surface area contributed by atoms with Crippen molar-refractivity contribution in [1.82, 2.24) is 14.7 Å². The molecule has 0 unspecified atom stereocenters. The Hall–Kier alpha value is -2.12. The van der Waals surface area contributed by atoms with E-state index in [-0.39, 0.29) is 0 Å². The molecule has 1 aromatic carbocycles. The largest absolute Gasteiger partial charge is 0.296 e. The van der Waals surface area contributed by atoms with E-state index in [2.05, 4.69) is 43.0 Å². The molecular formula is C18H24N4. The fourth-order valence-electron chi connectivity index (χ4n) is 2.42. The fraction of sp³-hybridized carbons (Fsp3) is 0.444. The van der Waals surface area contributed by atoms with Gasteiger partial charge in [0.05, 0.1) is 17.8 Å². The number of hydrogen-bond donors (Lipinski definition) is 0. The minimum atomic E-state index is 0.483. The number of hydrogen-bond acceptors (Lipinski definition) is 3. The Morgan fingerprint density at radius 3 is 2.50 bits per heavy atom. The van der Waals surface area contributed by atoms with Gasteiger partial charge in [-0.05, 0) is 50.5 Å². The van der Waals surface area contributed by atoms with E-state index in [9.17, 15) is 0 Å². The summed E-state index contributed by atoms with van der Waals surface area (Å²) < 4.78 is 1.97. The molecule has 116 valence electrons. The van der Waals surface area contributed by atoms with Crippen molar-refractivity contribution in [2.45, 2.75) is 46.3 Å². The number of aryl methyl sites for hydroxylation is 1. The molecule has 2 aromatic rings. The predicted molar refractivity (Wildman–Crippen MR) is 88.3 cm³/mol. The zero-order valence-electron chi connectivity index (χ0n) is 13.7. The second kappa shape index (κ2) is 7.77. The van der Waals surface area contributed by atoms with E-state index in [1.54, 1.807) is 0 Å². The summed E-state index contributed by atoms with van der Waals surface area (Å²) in [6, 6.07) is 10.5. The first-order chi connectivity index (χ1) is 10.6. The monoisotopic (exact) mass is 296 g/mol. The molecule has 0 aliphatic heterocycles. The van der Waals surface area contributed by atoms with E-state index >= 15 is 0 Å². The Bertz CT molecular complexity index is 619. The Morgan fingerprint density at radius 2 is 1.95 bits per heavy atom. The number of rotatable bonds is 7. The molecule has 4 heteroatoms. The maximum atomic E-state index is 8.86. The van der Waals surface area contributed by atoms with E-state index < -0.39 is 0 Å². The first-order valence-corrected chi connectivity index (χ1v) is 7.86. The van der Waals surface area contributed by atoms with Gasteiger partial charge in [-0.2, -0.15) is 10.4 Å². The molecule has 0 fully saturated rings. The summed E-state index contributed by atoms with van der Waals surface area (Å²) in [5.41, 5.74) is 3.25. The van der Waals surface area contributed by atoms with Crippen molar-refractivity contribution in [3.05, 3.63) is 53.3 Å². The van der Waals surface area contributed by atoms with Gasteiger partial charge in [0.2, 0.25) is 0 Å². The summed E-state index contributed by atoms with van der Waals surface area (Å²) in [7, 11) is 0. The van der Waals surface area contributed by atoms with Crippen LogP contribution in [0.3, 0.4) is 0 Å². The quantitative estimate of drug-likeness (QED) is 0.788. The van der Waals surface area contributed by atoms with E-state index in [1.165, 1.54) is 11.1 Å². The molecule has 4 nitrogen and oxygen atoms in total. The van der Waals surface area contributed by atoms with Crippen LogP contribution in [-0.2, 0) is 19.5 Å². The molecule has 0 atom stereocenters.